The molecule has 0 unspecified atom stereocenters. The van der Waals surface area contributed by atoms with E-state index in [1.165, 1.54) is 4.90 Å². The van der Waals surface area contributed by atoms with Crippen LogP contribution in [0.5, 0.6) is 11.5 Å². The van der Waals surface area contributed by atoms with Gasteiger partial charge in [-0.1, -0.05) is 24.3 Å². The van der Waals surface area contributed by atoms with Gasteiger partial charge in [0.2, 0.25) is 0 Å². The van der Waals surface area contributed by atoms with Gasteiger partial charge in [-0.15, -0.1) is 0 Å². The van der Waals surface area contributed by atoms with Gasteiger partial charge in [0.15, 0.2) is 6.61 Å². The number of hydrogen-bond donors (Lipinski definition) is 1. The van der Waals surface area contributed by atoms with Gasteiger partial charge in [0.05, 0.1) is 20.4 Å². The van der Waals surface area contributed by atoms with Crippen LogP contribution in [0.1, 0.15) is 22.3 Å². The highest BCUT2D eigenvalue weighted by Crippen LogP contribution is 2.38. The summed E-state index contributed by atoms with van der Waals surface area (Å²) in [5.41, 5.74) is 4.48. The van der Waals surface area contributed by atoms with Gasteiger partial charge < -0.3 is 14.8 Å². The Morgan fingerprint density at radius 1 is 0.974 bits per heavy atom. The van der Waals surface area contributed by atoms with E-state index in [2.05, 4.69) is 37.2 Å². The number of benzene rings is 3. The lowest BCUT2D eigenvalue weighted by molar-refractivity contribution is -0.123. The highest BCUT2D eigenvalue weighted by atomic mass is 79.9. The predicted octanol–water partition coefficient (Wildman–Crippen LogP) is 7.27. The summed E-state index contributed by atoms with van der Waals surface area (Å²) in [6.07, 6.45) is 1.65. The molecule has 0 saturated carbocycles. The summed E-state index contributed by atoms with van der Waals surface area (Å²) in [5.74, 6) is 0.527. The topological polar surface area (TPSA) is 84.9 Å². The molecule has 7 nitrogen and oxygen atoms in total. The highest BCUT2D eigenvalue weighted by molar-refractivity contribution is 9.11. The summed E-state index contributed by atoms with van der Waals surface area (Å²) in [6, 6.07) is 16.9. The third-order valence-corrected chi connectivity index (χ3v) is 7.84. The van der Waals surface area contributed by atoms with E-state index in [0.29, 0.717) is 30.9 Å². The first-order valence-corrected chi connectivity index (χ1v) is 14.4. The minimum absolute atomic E-state index is 0.153. The number of nitrogens with one attached hydrogen (secondary N) is 1. The third-order valence-electron chi connectivity index (χ3n) is 5.76. The zero-order valence-electron chi connectivity index (χ0n) is 21.5. The summed E-state index contributed by atoms with van der Waals surface area (Å²) in [7, 11) is 0. The normalized spacial score (nSPS) is 14.2. The number of anilines is 1. The molecule has 0 aromatic heterocycles. The number of halogens is 2. The van der Waals surface area contributed by atoms with Crippen LogP contribution < -0.4 is 14.8 Å². The van der Waals surface area contributed by atoms with Gasteiger partial charge in [-0.25, -0.2) is 0 Å². The van der Waals surface area contributed by atoms with Crippen molar-refractivity contribution >= 4 is 72.4 Å². The Bertz CT molecular complexity index is 1450. The minimum Gasteiger partial charge on any atom is -0.491 e. The molecule has 1 N–H and O–H groups in total. The van der Waals surface area contributed by atoms with Crippen molar-refractivity contribution in [3.63, 3.8) is 0 Å². The van der Waals surface area contributed by atoms with Crippen LogP contribution in [-0.2, 0) is 9.59 Å². The molecule has 0 radical (unpaired) electrons. The molecule has 4 rings (SSSR count). The van der Waals surface area contributed by atoms with Crippen LogP contribution in [0.3, 0.4) is 0 Å². The van der Waals surface area contributed by atoms with E-state index in [-0.39, 0.29) is 36.8 Å². The number of imide groups is 1. The summed E-state index contributed by atoms with van der Waals surface area (Å²) in [4.78, 5) is 39.3. The molecular weight excluding hydrogens is 648 g/mol. The average molecular weight is 674 g/mol. The van der Waals surface area contributed by atoms with Crippen molar-refractivity contribution in [1.82, 2.24) is 4.90 Å². The second kappa shape index (κ2) is 12.8. The van der Waals surface area contributed by atoms with Crippen LogP contribution in [0.15, 0.2) is 68.4 Å². The molecule has 202 valence electrons. The van der Waals surface area contributed by atoms with Crippen LogP contribution in [0.25, 0.3) is 6.08 Å². The fourth-order valence-corrected chi connectivity index (χ4v) is 6.13. The van der Waals surface area contributed by atoms with E-state index in [0.717, 1.165) is 34.2 Å². The Morgan fingerprint density at radius 3 is 2.41 bits per heavy atom. The first-order chi connectivity index (χ1) is 18.6. The number of hydrogen-bond acceptors (Lipinski definition) is 6. The van der Waals surface area contributed by atoms with Crippen LogP contribution in [0, 0.1) is 20.8 Å². The van der Waals surface area contributed by atoms with Crippen molar-refractivity contribution in [2.75, 3.05) is 25.1 Å². The molecule has 39 heavy (non-hydrogen) atoms. The van der Waals surface area contributed by atoms with E-state index in [9.17, 15) is 14.4 Å². The van der Waals surface area contributed by atoms with Gasteiger partial charge >= 0.3 is 0 Å². The van der Waals surface area contributed by atoms with Crippen LogP contribution in [-0.4, -0.2) is 41.7 Å². The largest absolute Gasteiger partial charge is 0.491 e. The quantitative estimate of drug-likeness (QED) is 0.241. The molecule has 1 fully saturated rings. The molecular formula is C29H26Br2N2O5S. The molecule has 0 bridgehead atoms. The monoisotopic (exact) mass is 672 g/mol. The summed E-state index contributed by atoms with van der Waals surface area (Å²) < 4.78 is 12.7. The van der Waals surface area contributed by atoms with Crippen LogP contribution >= 0.6 is 43.6 Å². The SMILES string of the molecule is Cc1cccc(NC(=O)COc2c(Br)cc(/C=C3\SC(=O)N(CCOc4cc(C)ccc4C)C3=O)cc2Br)c1. The van der Waals surface area contributed by atoms with Crippen LogP contribution in [0.4, 0.5) is 10.5 Å². The number of carbonyl (C=O) groups excluding carboxylic acids is 3. The molecule has 1 aliphatic rings. The van der Waals surface area contributed by atoms with Crippen molar-refractivity contribution in [3.8, 4) is 11.5 Å². The Balaban J connectivity index is 1.37. The standard InChI is InChI=1S/C29H26Br2N2O5S/c1-17-5-4-6-21(11-17)32-26(34)16-38-27-22(30)13-20(14-23(27)31)15-25-28(35)33(29(36)39-25)9-10-37-24-12-18(2)7-8-19(24)3/h4-8,11-15H,9-10,16H2,1-3H3,(H,32,34)/b25-15-. The lowest BCUT2D eigenvalue weighted by Crippen LogP contribution is -2.32. The fourth-order valence-electron chi connectivity index (χ4n) is 3.81. The molecule has 1 saturated heterocycles. The Kier molecular flexibility index (Phi) is 9.53. The number of aryl methyl sites for hydroxylation is 3. The van der Waals surface area contributed by atoms with Crippen molar-refractivity contribution < 1.29 is 23.9 Å². The fraction of sp³-hybridized carbons (Fsp3) is 0.207. The van der Waals surface area contributed by atoms with Gasteiger partial charge in [0.1, 0.15) is 18.1 Å². The second-order valence-electron chi connectivity index (χ2n) is 8.97. The van der Waals surface area contributed by atoms with Gasteiger partial charge in [0.25, 0.3) is 17.1 Å². The van der Waals surface area contributed by atoms with E-state index in [1.54, 1.807) is 18.2 Å². The lowest BCUT2D eigenvalue weighted by Gasteiger charge is -2.14. The number of carbonyl (C=O) groups is 3. The van der Waals surface area contributed by atoms with Gasteiger partial charge in [-0.05, 0) is 123 Å². The zero-order valence-corrected chi connectivity index (χ0v) is 25.5. The maximum Gasteiger partial charge on any atom is 0.293 e. The van der Waals surface area contributed by atoms with Gasteiger partial charge in [-0.2, -0.15) is 0 Å². The molecule has 0 atom stereocenters. The van der Waals surface area contributed by atoms with Gasteiger partial charge in [0, 0.05) is 5.69 Å². The van der Waals surface area contributed by atoms with Crippen molar-refractivity contribution in [2.45, 2.75) is 20.8 Å². The number of ether oxygens (including phenoxy) is 2. The zero-order chi connectivity index (χ0) is 28.1. The first-order valence-electron chi connectivity index (χ1n) is 12.0. The smallest absolute Gasteiger partial charge is 0.293 e. The summed E-state index contributed by atoms with van der Waals surface area (Å²) in [5, 5.41) is 2.46. The molecule has 10 heteroatoms. The summed E-state index contributed by atoms with van der Waals surface area (Å²) in [6.45, 7) is 6.05. The highest BCUT2D eigenvalue weighted by Gasteiger charge is 2.35. The maximum atomic E-state index is 12.9. The molecule has 1 aliphatic heterocycles. The van der Waals surface area contributed by atoms with E-state index in [1.807, 2.05) is 63.2 Å². The first kappa shape index (κ1) is 28.9. The minimum atomic E-state index is -0.366. The number of nitrogens with zero attached hydrogens (tertiary/aromatic N) is 1. The molecule has 0 spiro atoms. The number of rotatable bonds is 9. The van der Waals surface area contributed by atoms with Crippen molar-refractivity contribution in [1.29, 1.82) is 0 Å². The summed E-state index contributed by atoms with van der Waals surface area (Å²) >= 11 is 7.85. The molecule has 0 aliphatic carbocycles. The molecule has 3 aromatic rings. The number of amides is 3. The van der Waals surface area contributed by atoms with Crippen LogP contribution in [0.2, 0.25) is 0 Å². The second-order valence-corrected chi connectivity index (χ2v) is 11.7. The molecule has 3 aromatic carbocycles. The molecule has 1 heterocycles. The third kappa shape index (κ3) is 7.52. The lowest BCUT2D eigenvalue weighted by atomic mass is 10.1. The van der Waals surface area contributed by atoms with Crippen molar-refractivity contribution in [2.24, 2.45) is 0 Å². The van der Waals surface area contributed by atoms with E-state index in [4.69, 9.17) is 9.47 Å². The van der Waals surface area contributed by atoms with Crippen molar-refractivity contribution in [3.05, 3.63) is 90.7 Å². The Hall–Kier alpha value is -3.08. The van der Waals surface area contributed by atoms with Gasteiger partial charge in [-0.3, -0.25) is 19.3 Å². The van der Waals surface area contributed by atoms with E-state index < -0.39 is 0 Å². The average Bonchev–Trinajstić information content (AvgIpc) is 3.13. The Labute approximate surface area is 248 Å². The number of thioether (sulfide) groups is 1. The molecule has 3 amide bonds. The van der Waals surface area contributed by atoms with E-state index >= 15 is 0 Å². The predicted molar refractivity (Wildman–Crippen MR) is 161 cm³/mol. The maximum absolute atomic E-state index is 12.9. The Morgan fingerprint density at radius 2 is 1.69 bits per heavy atom.